The fourth-order valence-electron chi connectivity index (χ4n) is 3.44. The summed E-state index contributed by atoms with van der Waals surface area (Å²) in [6.45, 7) is 11.4. The summed E-state index contributed by atoms with van der Waals surface area (Å²) in [6, 6.07) is 1.24. The summed E-state index contributed by atoms with van der Waals surface area (Å²) in [5.41, 5.74) is 0. The molecule has 0 aliphatic carbocycles. The average Bonchev–Trinajstić information content (AvgIpc) is 2.47. The second kappa shape index (κ2) is 8.32. The minimum absolute atomic E-state index is 0.310. The SMILES string of the molecule is CC(C)CCN1CCN(C2CCOCC2)CC1CCO. The number of rotatable bonds is 6. The Labute approximate surface area is 124 Å². The number of ether oxygens (including phenoxy) is 1. The van der Waals surface area contributed by atoms with E-state index < -0.39 is 0 Å². The van der Waals surface area contributed by atoms with Gasteiger partial charge in [-0.1, -0.05) is 13.8 Å². The minimum Gasteiger partial charge on any atom is -0.396 e. The van der Waals surface area contributed by atoms with Gasteiger partial charge in [-0.05, 0) is 38.1 Å². The van der Waals surface area contributed by atoms with Gasteiger partial charge in [0.2, 0.25) is 0 Å². The predicted octanol–water partition coefficient (Wildman–Crippen LogP) is 1.58. The average molecular weight is 284 g/mol. The molecule has 4 nitrogen and oxygen atoms in total. The van der Waals surface area contributed by atoms with Crippen LogP contribution in [-0.4, -0.2) is 73.0 Å². The van der Waals surface area contributed by atoms with Gasteiger partial charge >= 0.3 is 0 Å². The Bertz CT molecular complexity index is 267. The monoisotopic (exact) mass is 284 g/mol. The van der Waals surface area contributed by atoms with Gasteiger partial charge in [-0.2, -0.15) is 0 Å². The zero-order chi connectivity index (χ0) is 14.4. The fraction of sp³-hybridized carbons (Fsp3) is 1.00. The van der Waals surface area contributed by atoms with Crippen molar-refractivity contribution >= 4 is 0 Å². The van der Waals surface area contributed by atoms with E-state index in [1.165, 1.54) is 32.4 Å². The molecule has 0 aromatic carbocycles. The molecule has 2 fully saturated rings. The zero-order valence-corrected chi connectivity index (χ0v) is 13.3. The second-order valence-corrected chi connectivity index (χ2v) is 6.72. The molecule has 0 spiro atoms. The highest BCUT2D eigenvalue weighted by atomic mass is 16.5. The summed E-state index contributed by atoms with van der Waals surface area (Å²) >= 11 is 0. The first kappa shape index (κ1) is 16.2. The zero-order valence-electron chi connectivity index (χ0n) is 13.3. The summed E-state index contributed by atoms with van der Waals surface area (Å²) in [6.07, 6.45) is 4.53. The van der Waals surface area contributed by atoms with Gasteiger partial charge in [0.25, 0.3) is 0 Å². The molecule has 2 saturated heterocycles. The molecule has 2 aliphatic heterocycles. The van der Waals surface area contributed by atoms with Crippen molar-refractivity contribution in [1.29, 1.82) is 0 Å². The third kappa shape index (κ3) is 4.69. The normalized spacial score (nSPS) is 27.3. The molecule has 2 heterocycles. The topological polar surface area (TPSA) is 35.9 Å². The number of hydrogen-bond acceptors (Lipinski definition) is 4. The lowest BCUT2D eigenvalue weighted by Crippen LogP contribution is -2.57. The third-order valence-corrected chi connectivity index (χ3v) is 4.80. The largest absolute Gasteiger partial charge is 0.396 e. The van der Waals surface area contributed by atoms with Crippen molar-refractivity contribution in [3.8, 4) is 0 Å². The molecule has 0 saturated carbocycles. The molecule has 1 atom stereocenters. The van der Waals surface area contributed by atoms with Crippen LogP contribution in [-0.2, 0) is 4.74 Å². The van der Waals surface area contributed by atoms with Gasteiger partial charge in [0.1, 0.15) is 0 Å². The summed E-state index contributed by atoms with van der Waals surface area (Å²) in [7, 11) is 0. The molecular weight excluding hydrogens is 252 g/mol. The van der Waals surface area contributed by atoms with Crippen LogP contribution in [0, 0.1) is 5.92 Å². The Kier molecular flexibility index (Phi) is 6.75. The Hall–Kier alpha value is -0.160. The first-order chi connectivity index (χ1) is 9.70. The molecule has 1 unspecified atom stereocenters. The first-order valence-corrected chi connectivity index (χ1v) is 8.37. The highest BCUT2D eigenvalue weighted by molar-refractivity contribution is 4.86. The van der Waals surface area contributed by atoms with Crippen LogP contribution >= 0.6 is 0 Å². The number of aliphatic hydroxyl groups excluding tert-OH is 1. The summed E-state index contributed by atoms with van der Waals surface area (Å²) in [4.78, 5) is 5.25. The molecular formula is C16H32N2O2. The number of piperazine rings is 1. The van der Waals surface area contributed by atoms with Crippen LogP contribution in [0.15, 0.2) is 0 Å². The van der Waals surface area contributed by atoms with Crippen LogP contribution in [0.2, 0.25) is 0 Å². The molecule has 0 aromatic heterocycles. The van der Waals surface area contributed by atoms with Crippen LogP contribution < -0.4 is 0 Å². The summed E-state index contributed by atoms with van der Waals surface area (Å²) < 4.78 is 5.47. The van der Waals surface area contributed by atoms with E-state index in [1.54, 1.807) is 0 Å². The maximum absolute atomic E-state index is 9.35. The van der Waals surface area contributed by atoms with Crippen LogP contribution in [0.4, 0.5) is 0 Å². The first-order valence-electron chi connectivity index (χ1n) is 8.37. The highest BCUT2D eigenvalue weighted by Crippen LogP contribution is 2.21. The van der Waals surface area contributed by atoms with Gasteiger partial charge in [-0.15, -0.1) is 0 Å². The van der Waals surface area contributed by atoms with Crippen molar-refractivity contribution in [2.45, 2.75) is 51.6 Å². The van der Waals surface area contributed by atoms with Crippen molar-refractivity contribution in [2.75, 3.05) is 46.0 Å². The van der Waals surface area contributed by atoms with Crippen molar-refractivity contribution < 1.29 is 9.84 Å². The van der Waals surface area contributed by atoms with Gasteiger partial charge < -0.3 is 9.84 Å². The molecule has 0 aromatic rings. The molecule has 4 heteroatoms. The van der Waals surface area contributed by atoms with E-state index in [-0.39, 0.29) is 0 Å². The van der Waals surface area contributed by atoms with Crippen molar-refractivity contribution in [1.82, 2.24) is 9.80 Å². The number of aliphatic hydroxyl groups is 1. The lowest BCUT2D eigenvalue weighted by molar-refractivity contribution is -0.0102. The van der Waals surface area contributed by atoms with E-state index >= 15 is 0 Å². The Morgan fingerprint density at radius 3 is 2.60 bits per heavy atom. The van der Waals surface area contributed by atoms with Crippen LogP contribution in [0.1, 0.15) is 39.5 Å². The smallest absolute Gasteiger partial charge is 0.0480 e. The summed E-state index contributed by atoms with van der Waals surface area (Å²) in [5.74, 6) is 0.762. The molecule has 0 radical (unpaired) electrons. The maximum Gasteiger partial charge on any atom is 0.0480 e. The number of hydrogen-bond donors (Lipinski definition) is 1. The van der Waals surface area contributed by atoms with E-state index in [9.17, 15) is 5.11 Å². The molecule has 118 valence electrons. The molecule has 2 aliphatic rings. The van der Waals surface area contributed by atoms with Crippen molar-refractivity contribution in [3.05, 3.63) is 0 Å². The van der Waals surface area contributed by atoms with Crippen LogP contribution in [0.3, 0.4) is 0 Å². The van der Waals surface area contributed by atoms with E-state index in [0.717, 1.165) is 38.6 Å². The Balaban J connectivity index is 1.85. The fourth-order valence-corrected chi connectivity index (χ4v) is 3.44. The molecule has 2 rings (SSSR count). The quantitative estimate of drug-likeness (QED) is 0.803. The van der Waals surface area contributed by atoms with Gasteiger partial charge in [-0.25, -0.2) is 0 Å². The summed E-state index contributed by atoms with van der Waals surface area (Å²) in [5, 5.41) is 9.35. The molecule has 20 heavy (non-hydrogen) atoms. The van der Waals surface area contributed by atoms with Gasteiger partial charge in [0.15, 0.2) is 0 Å². The van der Waals surface area contributed by atoms with Crippen LogP contribution in [0.5, 0.6) is 0 Å². The van der Waals surface area contributed by atoms with E-state index in [4.69, 9.17) is 4.74 Å². The van der Waals surface area contributed by atoms with Gasteiger partial charge in [-0.3, -0.25) is 9.80 Å². The lowest BCUT2D eigenvalue weighted by atomic mass is 10.0. The van der Waals surface area contributed by atoms with E-state index in [2.05, 4.69) is 23.6 Å². The van der Waals surface area contributed by atoms with E-state index in [0.29, 0.717) is 18.7 Å². The minimum atomic E-state index is 0.310. The Morgan fingerprint density at radius 2 is 1.95 bits per heavy atom. The van der Waals surface area contributed by atoms with Gasteiger partial charge in [0.05, 0.1) is 0 Å². The third-order valence-electron chi connectivity index (χ3n) is 4.80. The van der Waals surface area contributed by atoms with Gasteiger partial charge in [0, 0.05) is 51.5 Å². The lowest BCUT2D eigenvalue weighted by Gasteiger charge is -2.45. The van der Waals surface area contributed by atoms with Crippen LogP contribution in [0.25, 0.3) is 0 Å². The molecule has 1 N–H and O–H groups in total. The van der Waals surface area contributed by atoms with E-state index in [1.807, 2.05) is 0 Å². The Morgan fingerprint density at radius 1 is 1.20 bits per heavy atom. The maximum atomic E-state index is 9.35. The van der Waals surface area contributed by atoms with Crippen molar-refractivity contribution in [2.24, 2.45) is 5.92 Å². The molecule has 0 bridgehead atoms. The molecule has 0 amide bonds. The predicted molar refractivity (Wildman–Crippen MR) is 81.9 cm³/mol. The standard InChI is InChI=1S/C16H32N2O2/c1-14(2)3-7-17-8-9-18(13-16(17)4-10-19)15-5-11-20-12-6-15/h14-16,19H,3-13H2,1-2H3. The number of nitrogens with zero attached hydrogens (tertiary/aromatic N) is 2. The highest BCUT2D eigenvalue weighted by Gasteiger charge is 2.30. The van der Waals surface area contributed by atoms with Crippen molar-refractivity contribution in [3.63, 3.8) is 0 Å². The second-order valence-electron chi connectivity index (χ2n) is 6.72.